The number of carbonyl (C=O) groups is 2. The Labute approximate surface area is 106 Å². The van der Waals surface area contributed by atoms with Gasteiger partial charge >= 0.3 is 5.97 Å². The molecule has 0 unspecified atom stereocenters. The minimum atomic E-state index is -0.965. The second-order valence-corrected chi connectivity index (χ2v) is 4.73. The Morgan fingerprint density at radius 1 is 1.28 bits per heavy atom. The van der Waals surface area contributed by atoms with E-state index in [1.54, 1.807) is 18.2 Å². The van der Waals surface area contributed by atoms with Crippen molar-refractivity contribution in [1.29, 1.82) is 0 Å². The summed E-state index contributed by atoms with van der Waals surface area (Å²) in [6.07, 6.45) is 4.72. The first-order valence-corrected chi connectivity index (χ1v) is 6.27. The second-order valence-electron chi connectivity index (χ2n) is 4.73. The molecule has 2 rings (SSSR count). The van der Waals surface area contributed by atoms with E-state index in [1.165, 1.54) is 18.9 Å². The van der Waals surface area contributed by atoms with Crippen LogP contribution in [0.15, 0.2) is 24.3 Å². The van der Waals surface area contributed by atoms with Gasteiger partial charge in [0, 0.05) is 6.04 Å². The summed E-state index contributed by atoms with van der Waals surface area (Å²) in [4.78, 5) is 22.6. The van der Waals surface area contributed by atoms with Crippen molar-refractivity contribution in [3.05, 3.63) is 35.4 Å². The van der Waals surface area contributed by atoms with Gasteiger partial charge in [-0.3, -0.25) is 4.79 Å². The largest absolute Gasteiger partial charge is 0.478 e. The zero-order valence-electron chi connectivity index (χ0n) is 10.2. The van der Waals surface area contributed by atoms with E-state index in [2.05, 4.69) is 5.32 Å². The van der Waals surface area contributed by atoms with Gasteiger partial charge in [-0.25, -0.2) is 4.79 Å². The van der Waals surface area contributed by atoms with Crippen LogP contribution < -0.4 is 5.32 Å². The summed E-state index contributed by atoms with van der Waals surface area (Å²) >= 11 is 0. The molecule has 1 amide bonds. The number of amides is 1. The number of hydrogen-bond donors (Lipinski definition) is 2. The van der Waals surface area contributed by atoms with Gasteiger partial charge in [0.2, 0.25) is 5.91 Å². The molecule has 0 atom stereocenters. The number of benzene rings is 1. The maximum Gasteiger partial charge on any atom is 0.335 e. The molecule has 0 aromatic heterocycles. The number of carbonyl (C=O) groups excluding carboxylic acids is 1. The van der Waals surface area contributed by atoms with Crippen molar-refractivity contribution >= 4 is 11.9 Å². The predicted octanol–water partition coefficient (Wildman–Crippen LogP) is 1.99. The summed E-state index contributed by atoms with van der Waals surface area (Å²) in [7, 11) is 0. The third kappa shape index (κ3) is 3.32. The molecule has 0 spiro atoms. The molecule has 1 fully saturated rings. The maximum atomic E-state index is 11.8. The zero-order chi connectivity index (χ0) is 13.0. The number of aromatic carboxylic acids is 1. The van der Waals surface area contributed by atoms with Gasteiger partial charge in [0.1, 0.15) is 0 Å². The Kier molecular flexibility index (Phi) is 3.97. The molecule has 1 aromatic carbocycles. The monoisotopic (exact) mass is 247 g/mol. The predicted molar refractivity (Wildman–Crippen MR) is 67.5 cm³/mol. The highest BCUT2D eigenvalue weighted by atomic mass is 16.4. The van der Waals surface area contributed by atoms with E-state index in [1.807, 2.05) is 0 Å². The van der Waals surface area contributed by atoms with Crippen LogP contribution in [-0.2, 0) is 11.2 Å². The van der Waals surface area contributed by atoms with Crippen LogP contribution in [0, 0.1) is 0 Å². The summed E-state index contributed by atoms with van der Waals surface area (Å²) in [6.45, 7) is 0. The Bertz CT molecular complexity index is 450. The highest BCUT2D eigenvalue weighted by molar-refractivity contribution is 5.88. The molecule has 96 valence electrons. The van der Waals surface area contributed by atoms with E-state index in [0.29, 0.717) is 6.04 Å². The second kappa shape index (κ2) is 5.67. The lowest BCUT2D eigenvalue weighted by molar-refractivity contribution is -0.121. The van der Waals surface area contributed by atoms with E-state index in [0.717, 1.165) is 18.4 Å². The van der Waals surface area contributed by atoms with Crippen LogP contribution in [0.4, 0.5) is 0 Å². The molecule has 4 nitrogen and oxygen atoms in total. The Morgan fingerprint density at radius 2 is 2.00 bits per heavy atom. The summed E-state index contributed by atoms with van der Waals surface area (Å²) < 4.78 is 0. The molecule has 4 heteroatoms. The van der Waals surface area contributed by atoms with Crippen LogP contribution >= 0.6 is 0 Å². The molecule has 1 aliphatic rings. The molecular weight excluding hydrogens is 230 g/mol. The van der Waals surface area contributed by atoms with Crippen molar-refractivity contribution in [2.75, 3.05) is 0 Å². The number of carboxylic acids is 1. The molecule has 0 saturated heterocycles. The van der Waals surface area contributed by atoms with Crippen molar-refractivity contribution in [1.82, 2.24) is 5.32 Å². The van der Waals surface area contributed by atoms with E-state index in [-0.39, 0.29) is 17.9 Å². The third-order valence-corrected chi connectivity index (χ3v) is 3.26. The number of rotatable bonds is 4. The van der Waals surface area contributed by atoms with Gasteiger partial charge in [0.05, 0.1) is 12.0 Å². The average molecular weight is 247 g/mol. The smallest absolute Gasteiger partial charge is 0.335 e. The molecule has 0 heterocycles. The first-order valence-electron chi connectivity index (χ1n) is 6.27. The van der Waals surface area contributed by atoms with Crippen molar-refractivity contribution in [2.45, 2.75) is 38.1 Å². The highest BCUT2D eigenvalue weighted by Crippen LogP contribution is 2.17. The Balaban J connectivity index is 1.93. The van der Waals surface area contributed by atoms with Crippen molar-refractivity contribution in [3.8, 4) is 0 Å². The fraction of sp³-hybridized carbons (Fsp3) is 0.429. The Morgan fingerprint density at radius 3 is 2.67 bits per heavy atom. The van der Waals surface area contributed by atoms with E-state index in [4.69, 9.17) is 5.11 Å². The third-order valence-electron chi connectivity index (χ3n) is 3.26. The average Bonchev–Trinajstić information content (AvgIpc) is 2.82. The number of carboxylic acid groups (broad SMARTS) is 1. The molecule has 1 aliphatic carbocycles. The zero-order valence-corrected chi connectivity index (χ0v) is 10.2. The normalized spacial score (nSPS) is 15.6. The number of hydrogen-bond acceptors (Lipinski definition) is 2. The topological polar surface area (TPSA) is 66.4 Å². The standard InChI is InChI=1S/C14H17NO3/c16-13(15-12-6-1-2-7-12)9-10-4-3-5-11(8-10)14(17)18/h3-5,8,12H,1-2,6-7,9H2,(H,15,16)(H,17,18). The lowest BCUT2D eigenvalue weighted by Crippen LogP contribution is -2.33. The summed E-state index contributed by atoms with van der Waals surface area (Å²) in [5.74, 6) is -0.988. The summed E-state index contributed by atoms with van der Waals surface area (Å²) in [5.41, 5.74) is 0.964. The van der Waals surface area contributed by atoms with Gasteiger partial charge in [-0.1, -0.05) is 25.0 Å². The highest BCUT2D eigenvalue weighted by Gasteiger charge is 2.17. The van der Waals surface area contributed by atoms with Crippen molar-refractivity contribution in [2.24, 2.45) is 0 Å². The van der Waals surface area contributed by atoms with Gasteiger partial charge in [-0.15, -0.1) is 0 Å². The van der Waals surface area contributed by atoms with E-state index < -0.39 is 5.97 Å². The summed E-state index contributed by atoms with van der Waals surface area (Å²) in [6, 6.07) is 6.83. The summed E-state index contributed by atoms with van der Waals surface area (Å²) in [5, 5.41) is 11.9. The molecule has 1 aromatic rings. The van der Waals surface area contributed by atoms with Gasteiger partial charge in [0.25, 0.3) is 0 Å². The molecule has 0 bridgehead atoms. The molecule has 1 saturated carbocycles. The lowest BCUT2D eigenvalue weighted by atomic mass is 10.1. The molecule has 0 aliphatic heterocycles. The van der Waals surface area contributed by atoms with Gasteiger partial charge in [0.15, 0.2) is 0 Å². The van der Waals surface area contributed by atoms with E-state index in [9.17, 15) is 9.59 Å². The van der Waals surface area contributed by atoms with Crippen LogP contribution in [0.1, 0.15) is 41.6 Å². The lowest BCUT2D eigenvalue weighted by Gasteiger charge is -2.11. The van der Waals surface area contributed by atoms with E-state index >= 15 is 0 Å². The fourth-order valence-electron chi connectivity index (χ4n) is 2.35. The number of nitrogens with one attached hydrogen (secondary N) is 1. The van der Waals surface area contributed by atoms with Crippen molar-refractivity contribution in [3.63, 3.8) is 0 Å². The van der Waals surface area contributed by atoms with Crippen molar-refractivity contribution < 1.29 is 14.7 Å². The minimum absolute atomic E-state index is 0.0237. The SMILES string of the molecule is O=C(Cc1cccc(C(=O)O)c1)NC1CCCC1. The minimum Gasteiger partial charge on any atom is -0.478 e. The van der Waals surface area contributed by atoms with Crippen LogP contribution in [0.3, 0.4) is 0 Å². The van der Waals surface area contributed by atoms with Gasteiger partial charge in [-0.05, 0) is 30.5 Å². The van der Waals surface area contributed by atoms with Crippen LogP contribution in [-0.4, -0.2) is 23.0 Å². The fourth-order valence-corrected chi connectivity index (χ4v) is 2.35. The quantitative estimate of drug-likeness (QED) is 0.855. The molecular formula is C14H17NO3. The first kappa shape index (κ1) is 12.6. The maximum absolute atomic E-state index is 11.8. The van der Waals surface area contributed by atoms with Crippen LogP contribution in [0.5, 0.6) is 0 Å². The van der Waals surface area contributed by atoms with Gasteiger partial charge in [-0.2, -0.15) is 0 Å². The van der Waals surface area contributed by atoms with Gasteiger partial charge < -0.3 is 10.4 Å². The van der Waals surface area contributed by atoms with Crippen LogP contribution in [0.2, 0.25) is 0 Å². The van der Waals surface area contributed by atoms with Crippen LogP contribution in [0.25, 0.3) is 0 Å². The molecule has 0 radical (unpaired) electrons. The molecule has 18 heavy (non-hydrogen) atoms. The Hall–Kier alpha value is -1.84. The molecule has 2 N–H and O–H groups in total. The first-order chi connectivity index (χ1) is 8.65.